The second kappa shape index (κ2) is 11.0. The molecule has 14 nitrogen and oxygen atoms in total. The molecule has 44 heavy (non-hydrogen) atoms. The second-order valence-corrected chi connectivity index (χ2v) is 13.7. The molecule has 6 bridgehead atoms. The van der Waals surface area contributed by atoms with Crippen molar-refractivity contribution in [1.82, 2.24) is 13.7 Å². The van der Waals surface area contributed by atoms with E-state index in [-0.39, 0.29) is 75.0 Å². The van der Waals surface area contributed by atoms with Crippen LogP contribution in [0.3, 0.4) is 0 Å². The number of nitrogens with zero attached hydrogens (tertiary/aromatic N) is 3. The maximum Gasteiger partial charge on any atom is 0.336 e. The second-order valence-electron chi connectivity index (χ2n) is 13.7. The third-order valence-corrected chi connectivity index (χ3v) is 11.1. The van der Waals surface area contributed by atoms with Crippen LogP contribution >= 0.6 is 0 Å². The molecule has 240 valence electrons. The van der Waals surface area contributed by atoms with Crippen LogP contribution in [0.25, 0.3) is 0 Å². The maximum absolute atomic E-state index is 13.2. The van der Waals surface area contributed by atoms with Gasteiger partial charge in [0.15, 0.2) is 0 Å². The molecule has 4 aliphatic carbocycles. The molecule has 8 unspecified atom stereocenters. The molecule has 8 atom stereocenters. The van der Waals surface area contributed by atoms with Gasteiger partial charge in [-0.25, -0.2) is 28.1 Å². The number of carboxylic acid groups (broad SMARTS) is 1. The van der Waals surface area contributed by atoms with E-state index in [4.69, 9.17) is 24.1 Å². The van der Waals surface area contributed by atoms with Gasteiger partial charge in [-0.2, -0.15) is 0 Å². The van der Waals surface area contributed by atoms with E-state index in [2.05, 4.69) is 0 Å². The highest BCUT2D eigenvalue weighted by atomic mass is 16.6. The highest BCUT2D eigenvalue weighted by Crippen LogP contribution is 2.64. The van der Waals surface area contributed by atoms with Crippen molar-refractivity contribution in [3.8, 4) is 0 Å². The number of carbonyl (C=O) groups is 3. The highest BCUT2D eigenvalue weighted by Gasteiger charge is 2.68. The summed E-state index contributed by atoms with van der Waals surface area (Å²) in [5, 5.41) is 9.11. The Balaban J connectivity index is 0.934. The average molecular weight is 618 g/mol. The molecule has 0 amide bonds. The maximum atomic E-state index is 13.2. The summed E-state index contributed by atoms with van der Waals surface area (Å²) in [5.74, 6) is -0.585. The molecule has 14 heteroatoms. The van der Waals surface area contributed by atoms with Crippen molar-refractivity contribution in [3.05, 3.63) is 31.5 Å². The molecule has 1 N–H and O–H groups in total. The normalized spacial score (nSPS) is 34.9. The number of ether oxygens (including phenoxy) is 4. The SMILES string of the molecule is O=C(O)CCn1c(=O)n(CCCC(=O)OCC2CC3CC24CC3O4)c(=O)n(CCCC(=O)OCC2CC3CC24CC3O4)c1=O. The van der Waals surface area contributed by atoms with Gasteiger partial charge in [0.1, 0.15) is 0 Å². The lowest BCUT2D eigenvalue weighted by Gasteiger charge is -2.47. The van der Waals surface area contributed by atoms with Gasteiger partial charge in [0, 0.05) is 57.2 Å². The molecule has 4 saturated heterocycles. The van der Waals surface area contributed by atoms with Gasteiger partial charge in [-0.15, -0.1) is 0 Å². The summed E-state index contributed by atoms with van der Waals surface area (Å²) in [6.07, 6.45) is 6.54. The van der Waals surface area contributed by atoms with E-state index in [9.17, 15) is 28.8 Å². The fourth-order valence-electron chi connectivity index (χ4n) is 8.89. The van der Waals surface area contributed by atoms with Crippen molar-refractivity contribution in [2.75, 3.05) is 13.2 Å². The molecule has 5 heterocycles. The molecule has 9 rings (SSSR count). The highest BCUT2D eigenvalue weighted by molar-refractivity contribution is 5.69. The molecule has 8 aliphatic rings. The molecule has 1 aromatic rings. The summed E-state index contributed by atoms with van der Waals surface area (Å²) < 4.78 is 25.3. The quantitative estimate of drug-likeness (QED) is 0.270. The zero-order valence-corrected chi connectivity index (χ0v) is 24.6. The Labute approximate surface area is 252 Å². The molecule has 1 aromatic heterocycles. The molecular formula is C30H39N3O11. The van der Waals surface area contributed by atoms with Gasteiger partial charge >= 0.3 is 35.0 Å². The Kier molecular flexibility index (Phi) is 7.34. The first-order valence-corrected chi connectivity index (χ1v) is 15.9. The molecule has 8 fully saturated rings. The van der Waals surface area contributed by atoms with Crippen molar-refractivity contribution in [2.24, 2.45) is 23.7 Å². The van der Waals surface area contributed by atoms with Crippen molar-refractivity contribution < 1.29 is 38.4 Å². The van der Waals surface area contributed by atoms with Crippen LogP contribution in [0.15, 0.2) is 14.4 Å². The topological polar surface area (TPSA) is 174 Å². The van der Waals surface area contributed by atoms with Crippen LogP contribution in [0.4, 0.5) is 0 Å². The van der Waals surface area contributed by atoms with E-state index in [1.54, 1.807) is 0 Å². The van der Waals surface area contributed by atoms with Gasteiger partial charge in [-0.1, -0.05) is 0 Å². The van der Waals surface area contributed by atoms with Crippen molar-refractivity contribution in [3.63, 3.8) is 0 Å². The minimum Gasteiger partial charge on any atom is -0.481 e. The number of aromatic nitrogens is 3. The summed E-state index contributed by atoms with van der Waals surface area (Å²) in [4.78, 5) is 75.3. The van der Waals surface area contributed by atoms with Gasteiger partial charge in [-0.05, 0) is 50.4 Å². The largest absolute Gasteiger partial charge is 0.481 e. The van der Waals surface area contributed by atoms with Crippen molar-refractivity contribution >= 4 is 17.9 Å². The smallest absolute Gasteiger partial charge is 0.336 e. The first-order valence-electron chi connectivity index (χ1n) is 15.9. The van der Waals surface area contributed by atoms with Gasteiger partial charge in [-0.3, -0.25) is 14.4 Å². The van der Waals surface area contributed by atoms with E-state index < -0.39 is 47.9 Å². The third kappa shape index (κ3) is 4.93. The molecular weight excluding hydrogens is 578 g/mol. The monoisotopic (exact) mass is 617 g/mol. The van der Waals surface area contributed by atoms with E-state index >= 15 is 0 Å². The Morgan fingerprint density at radius 3 is 1.43 bits per heavy atom. The van der Waals surface area contributed by atoms with Crippen LogP contribution in [-0.4, -0.2) is 73.3 Å². The lowest BCUT2D eigenvalue weighted by molar-refractivity contribution is -0.218. The Bertz CT molecular complexity index is 1430. The predicted octanol–water partition coefficient (Wildman–Crippen LogP) is 0.428. The number of hydrogen-bond donors (Lipinski definition) is 1. The lowest BCUT2D eigenvalue weighted by Crippen LogP contribution is -2.54. The van der Waals surface area contributed by atoms with Gasteiger partial charge < -0.3 is 24.1 Å². The lowest BCUT2D eigenvalue weighted by atomic mass is 9.79. The van der Waals surface area contributed by atoms with Gasteiger partial charge in [0.25, 0.3) is 0 Å². The summed E-state index contributed by atoms with van der Waals surface area (Å²) in [6, 6.07) is 0. The number of rotatable bonds is 15. The average Bonchev–Trinajstić information content (AvgIpc) is 3.78. The fourth-order valence-corrected chi connectivity index (χ4v) is 8.89. The van der Waals surface area contributed by atoms with E-state index in [0.717, 1.165) is 47.7 Å². The van der Waals surface area contributed by atoms with Gasteiger partial charge in [0.05, 0.1) is 43.0 Å². The summed E-state index contributed by atoms with van der Waals surface area (Å²) >= 11 is 0. The van der Waals surface area contributed by atoms with E-state index in [0.29, 0.717) is 28.6 Å². The summed E-state index contributed by atoms with van der Waals surface area (Å²) in [5.41, 5.74) is -3.00. The van der Waals surface area contributed by atoms with Crippen LogP contribution in [0.1, 0.15) is 70.6 Å². The summed E-state index contributed by atoms with van der Waals surface area (Å²) in [6.45, 7) is -0.163. The van der Waals surface area contributed by atoms with Crippen LogP contribution < -0.4 is 17.1 Å². The standard InChI is InChI=1S/C30H39N3O11/c34-23(35)5-8-33-27(39)31(6-1-3-24(36)41-15-19-9-17-11-29(19)13-21(17)43-29)26(38)32(28(33)40)7-2-4-25(37)42-16-20-10-18-12-30(20)14-22(18)44-30/h17-22H,1-16H2,(H,34,35). The Morgan fingerprint density at radius 1 is 0.682 bits per heavy atom. The van der Waals surface area contributed by atoms with Crippen LogP contribution in [0.5, 0.6) is 0 Å². The van der Waals surface area contributed by atoms with Crippen molar-refractivity contribution in [1.29, 1.82) is 0 Å². The van der Waals surface area contributed by atoms with Crippen LogP contribution in [0, 0.1) is 23.7 Å². The predicted molar refractivity (Wildman–Crippen MR) is 149 cm³/mol. The molecule has 2 spiro atoms. The molecule has 4 saturated carbocycles. The first-order chi connectivity index (χ1) is 21.1. The zero-order chi connectivity index (χ0) is 30.8. The zero-order valence-electron chi connectivity index (χ0n) is 24.6. The van der Waals surface area contributed by atoms with Gasteiger partial charge in [0.2, 0.25) is 0 Å². The van der Waals surface area contributed by atoms with Crippen molar-refractivity contribution in [2.45, 2.75) is 114 Å². The van der Waals surface area contributed by atoms with Crippen LogP contribution in [0.2, 0.25) is 0 Å². The minimum absolute atomic E-state index is 0.0344. The van der Waals surface area contributed by atoms with E-state index in [1.807, 2.05) is 0 Å². The molecule has 0 radical (unpaired) electrons. The third-order valence-electron chi connectivity index (χ3n) is 11.1. The Hall–Kier alpha value is -3.26. The number of carboxylic acids is 1. The van der Waals surface area contributed by atoms with E-state index in [1.165, 1.54) is 0 Å². The molecule has 0 aromatic carbocycles. The number of carbonyl (C=O) groups excluding carboxylic acids is 2. The number of aliphatic carboxylic acids is 1. The summed E-state index contributed by atoms with van der Waals surface area (Å²) in [7, 11) is 0. The fraction of sp³-hybridized carbons (Fsp3) is 0.800. The first kappa shape index (κ1) is 29.5. The van der Waals surface area contributed by atoms with Crippen LogP contribution in [-0.2, 0) is 53.0 Å². The Morgan fingerprint density at radius 2 is 1.09 bits per heavy atom. The minimum atomic E-state index is -1.21. The number of hydrogen-bond acceptors (Lipinski definition) is 10. The molecule has 4 aliphatic heterocycles. The number of esters is 2.